The monoisotopic (exact) mass is 377 g/mol. The number of aromatic amines is 1. The van der Waals surface area contributed by atoms with Crippen LogP contribution in [0.25, 0.3) is 27.9 Å². The van der Waals surface area contributed by atoms with Crippen molar-refractivity contribution in [2.45, 2.75) is 12.5 Å². The van der Waals surface area contributed by atoms with Crippen LogP contribution >= 0.6 is 0 Å². The number of rotatable bonds is 6. The molecule has 1 fully saturated rings. The molecule has 1 atom stereocenters. The topological polar surface area (TPSA) is 103 Å². The minimum atomic E-state index is 0.241. The van der Waals surface area contributed by atoms with Gasteiger partial charge in [-0.15, -0.1) is 0 Å². The molecule has 0 amide bonds. The van der Waals surface area contributed by atoms with Crippen LogP contribution in [0.15, 0.2) is 36.8 Å². The molecular weight excluding hydrogens is 354 g/mol. The van der Waals surface area contributed by atoms with Crippen molar-refractivity contribution < 1.29 is 4.74 Å². The van der Waals surface area contributed by atoms with Gasteiger partial charge >= 0.3 is 0 Å². The molecule has 1 saturated heterocycles. The van der Waals surface area contributed by atoms with Gasteiger partial charge in [-0.3, -0.25) is 5.10 Å². The molecule has 0 radical (unpaired) electrons. The van der Waals surface area contributed by atoms with Crippen molar-refractivity contribution in [1.82, 2.24) is 25.5 Å². The standard InChI is InChI=1S/C20H23N7O/c1-22-10-14(9-21)13-3-4-17-16(7-13)20(26-25-17)18-8-19(24-12-23-18)27-6-5-15(11-27)28-2/h3-4,7-10,12,15,21-22H,5-6,11H2,1-2H3,(H,25,26)/b14-10+,21-9?/t15-/m0/s1. The van der Waals surface area contributed by atoms with E-state index in [2.05, 4.69) is 30.4 Å². The zero-order valence-electron chi connectivity index (χ0n) is 15.9. The number of fused-ring (bicyclic) bond motifs is 1. The highest BCUT2D eigenvalue weighted by molar-refractivity contribution is 6.09. The third-order valence-electron chi connectivity index (χ3n) is 5.05. The maximum atomic E-state index is 7.65. The molecule has 0 unspecified atom stereocenters. The molecule has 0 aliphatic carbocycles. The lowest BCUT2D eigenvalue weighted by Gasteiger charge is -2.17. The summed E-state index contributed by atoms with van der Waals surface area (Å²) >= 11 is 0. The third kappa shape index (κ3) is 3.34. The maximum absolute atomic E-state index is 7.65. The Morgan fingerprint density at radius 3 is 3.00 bits per heavy atom. The van der Waals surface area contributed by atoms with Crippen molar-refractivity contribution in [3.8, 4) is 11.4 Å². The van der Waals surface area contributed by atoms with Crippen LogP contribution in [0.5, 0.6) is 0 Å². The molecule has 4 rings (SSSR count). The second-order valence-electron chi connectivity index (χ2n) is 6.72. The SMILES string of the molecule is CN/C=C(\C=N)c1ccc2[nH]nc(-c3cc(N4CC[C@H](OC)C4)ncn3)c2c1. The number of allylic oxidation sites excluding steroid dienone is 1. The van der Waals surface area contributed by atoms with E-state index in [-0.39, 0.29) is 6.10 Å². The van der Waals surface area contributed by atoms with E-state index < -0.39 is 0 Å². The first-order chi connectivity index (χ1) is 13.7. The van der Waals surface area contributed by atoms with E-state index in [0.29, 0.717) is 0 Å². The van der Waals surface area contributed by atoms with Crippen molar-refractivity contribution >= 4 is 28.5 Å². The highest BCUT2D eigenvalue weighted by Crippen LogP contribution is 2.29. The Kier molecular flexibility index (Phi) is 5.03. The molecule has 1 aliphatic heterocycles. The van der Waals surface area contributed by atoms with Gasteiger partial charge in [-0.05, 0) is 24.1 Å². The Bertz CT molecular complexity index is 1030. The van der Waals surface area contributed by atoms with Crippen LogP contribution in [-0.2, 0) is 4.74 Å². The van der Waals surface area contributed by atoms with Crippen LogP contribution in [0.2, 0.25) is 0 Å². The van der Waals surface area contributed by atoms with E-state index in [0.717, 1.165) is 58.8 Å². The van der Waals surface area contributed by atoms with Crippen molar-refractivity contribution in [2.75, 3.05) is 32.1 Å². The Hall–Kier alpha value is -3.26. The number of benzene rings is 1. The summed E-state index contributed by atoms with van der Waals surface area (Å²) < 4.78 is 5.46. The summed E-state index contributed by atoms with van der Waals surface area (Å²) in [6.45, 7) is 1.74. The molecule has 3 N–H and O–H groups in total. The summed E-state index contributed by atoms with van der Waals surface area (Å²) in [5.41, 5.74) is 4.20. The summed E-state index contributed by atoms with van der Waals surface area (Å²) in [6, 6.07) is 7.95. The number of nitrogens with zero attached hydrogens (tertiary/aromatic N) is 4. The van der Waals surface area contributed by atoms with Crippen LogP contribution in [0.3, 0.4) is 0 Å². The van der Waals surface area contributed by atoms with E-state index >= 15 is 0 Å². The predicted octanol–water partition coefficient (Wildman–Crippen LogP) is 2.45. The van der Waals surface area contributed by atoms with Crippen LogP contribution < -0.4 is 10.2 Å². The van der Waals surface area contributed by atoms with E-state index in [1.807, 2.05) is 31.3 Å². The Balaban J connectivity index is 1.72. The van der Waals surface area contributed by atoms with Crippen molar-refractivity contribution in [2.24, 2.45) is 0 Å². The van der Waals surface area contributed by atoms with Gasteiger partial charge in [-0.25, -0.2) is 9.97 Å². The molecule has 1 aromatic carbocycles. The fourth-order valence-electron chi connectivity index (χ4n) is 3.53. The number of H-pyrrole nitrogens is 1. The second kappa shape index (κ2) is 7.77. The first-order valence-corrected chi connectivity index (χ1v) is 9.20. The van der Waals surface area contributed by atoms with Crippen LogP contribution in [-0.4, -0.2) is 59.7 Å². The lowest BCUT2D eigenvalue weighted by atomic mass is 10.0. The number of methoxy groups -OCH3 is 1. The fraction of sp³-hybridized carbons (Fsp3) is 0.300. The van der Waals surface area contributed by atoms with E-state index in [9.17, 15) is 0 Å². The smallest absolute Gasteiger partial charge is 0.132 e. The number of anilines is 1. The van der Waals surface area contributed by atoms with Gasteiger partial charge in [0, 0.05) is 56.7 Å². The molecule has 8 nitrogen and oxygen atoms in total. The number of nitrogens with one attached hydrogen (secondary N) is 3. The minimum Gasteiger partial charge on any atom is -0.393 e. The van der Waals surface area contributed by atoms with E-state index in [1.165, 1.54) is 6.21 Å². The quantitative estimate of drug-likeness (QED) is 0.570. The molecular formula is C20H23N7O. The Morgan fingerprint density at radius 1 is 1.36 bits per heavy atom. The van der Waals surface area contributed by atoms with Gasteiger partial charge in [0.25, 0.3) is 0 Å². The number of hydrogen-bond acceptors (Lipinski definition) is 7. The van der Waals surface area contributed by atoms with Crippen molar-refractivity contribution in [1.29, 1.82) is 5.41 Å². The molecule has 144 valence electrons. The fourth-order valence-corrected chi connectivity index (χ4v) is 3.53. The highest BCUT2D eigenvalue weighted by Gasteiger charge is 2.24. The summed E-state index contributed by atoms with van der Waals surface area (Å²) in [5, 5.41) is 19.1. The van der Waals surface area contributed by atoms with Crippen LogP contribution in [0.4, 0.5) is 5.82 Å². The van der Waals surface area contributed by atoms with Gasteiger partial charge < -0.3 is 20.4 Å². The molecule has 0 spiro atoms. The van der Waals surface area contributed by atoms with Gasteiger partial charge in [0.2, 0.25) is 0 Å². The predicted molar refractivity (Wildman–Crippen MR) is 111 cm³/mol. The summed E-state index contributed by atoms with van der Waals surface area (Å²) in [6.07, 6.45) is 5.95. The lowest BCUT2D eigenvalue weighted by molar-refractivity contribution is 0.121. The number of aromatic nitrogens is 4. The van der Waals surface area contributed by atoms with Gasteiger partial charge in [0.15, 0.2) is 0 Å². The molecule has 1 aliphatic rings. The third-order valence-corrected chi connectivity index (χ3v) is 5.05. The van der Waals surface area contributed by atoms with Gasteiger partial charge in [0.05, 0.1) is 17.3 Å². The largest absolute Gasteiger partial charge is 0.393 e. The molecule has 28 heavy (non-hydrogen) atoms. The molecule has 8 heteroatoms. The lowest BCUT2D eigenvalue weighted by Crippen LogP contribution is -2.23. The van der Waals surface area contributed by atoms with Crippen molar-refractivity contribution in [3.05, 3.63) is 42.4 Å². The van der Waals surface area contributed by atoms with Gasteiger partial charge in [-0.2, -0.15) is 5.10 Å². The van der Waals surface area contributed by atoms with E-state index in [1.54, 1.807) is 19.6 Å². The normalized spacial score (nSPS) is 17.3. The molecule has 3 heterocycles. The zero-order chi connectivity index (χ0) is 19.5. The first kappa shape index (κ1) is 18.1. The molecule has 0 saturated carbocycles. The summed E-state index contributed by atoms with van der Waals surface area (Å²) in [5.74, 6) is 0.882. The summed E-state index contributed by atoms with van der Waals surface area (Å²) in [7, 11) is 3.57. The van der Waals surface area contributed by atoms with E-state index in [4.69, 9.17) is 10.1 Å². The zero-order valence-corrected chi connectivity index (χ0v) is 15.9. The average Bonchev–Trinajstić information content (AvgIpc) is 3.38. The molecule has 3 aromatic rings. The van der Waals surface area contributed by atoms with Crippen LogP contribution in [0, 0.1) is 5.41 Å². The average molecular weight is 377 g/mol. The summed E-state index contributed by atoms with van der Waals surface area (Å²) in [4.78, 5) is 11.1. The maximum Gasteiger partial charge on any atom is 0.132 e. The Labute approximate surface area is 163 Å². The second-order valence-corrected chi connectivity index (χ2v) is 6.72. The first-order valence-electron chi connectivity index (χ1n) is 9.20. The number of hydrogen-bond donors (Lipinski definition) is 3. The highest BCUT2D eigenvalue weighted by atomic mass is 16.5. The molecule has 2 aromatic heterocycles. The Morgan fingerprint density at radius 2 is 2.25 bits per heavy atom. The van der Waals surface area contributed by atoms with Gasteiger partial charge in [-0.1, -0.05) is 6.07 Å². The molecule has 0 bridgehead atoms. The van der Waals surface area contributed by atoms with Gasteiger partial charge in [0.1, 0.15) is 17.8 Å². The minimum absolute atomic E-state index is 0.241. The van der Waals surface area contributed by atoms with Crippen LogP contribution in [0.1, 0.15) is 12.0 Å². The van der Waals surface area contributed by atoms with Crippen molar-refractivity contribution in [3.63, 3.8) is 0 Å². The number of ether oxygens (including phenoxy) is 1.